The molecule has 1 aliphatic rings. The standard InChI is InChI=1S/C23H26F2N6O2/c1-14-27-22(31(30-14)17-6-4-3-5-7-17)29-23(32)28-20-13-26-12-16(20)11-21(33-2)15-8-9-18(24)19(25)10-15/h3-10,16,20-21,26H,11-13H2,1-2H3,(H2,27,28,29,30,32)/t16-,20-,21?/m1/s1. The summed E-state index contributed by atoms with van der Waals surface area (Å²) in [5.41, 5.74) is 1.33. The van der Waals surface area contributed by atoms with Gasteiger partial charge in [0, 0.05) is 26.2 Å². The molecule has 0 saturated carbocycles. The van der Waals surface area contributed by atoms with Crippen molar-refractivity contribution in [3.63, 3.8) is 0 Å². The lowest BCUT2D eigenvalue weighted by molar-refractivity contribution is 0.0788. The molecule has 1 saturated heterocycles. The van der Waals surface area contributed by atoms with Gasteiger partial charge in [-0.25, -0.2) is 13.6 Å². The van der Waals surface area contributed by atoms with Gasteiger partial charge in [-0.2, -0.15) is 9.67 Å². The third kappa shape index (κ3) is 5.35. The van der Waals surface area contributed by atoms with Crippen molar-refractivity contribution in [3.05, 3.63) is 71.6 Å². The molecule has 0 spiro atoms. The maximum absolute atomic E-state index is 13.7. The molecule has 0 aliphatic carbocycles. The predicted molar refractivity (Wildman–Crippen MR) is 119 cm³/mol. The quantitative estimate of drug-likeness (QED) is 0.507. The highest BCUT2D eigenvalue weighted by molar-refractivity contribution is 5.88. The van der Waals surface area contributed by atoms with Crippen molar-refractivity contribution in [1.29, 1.82) is 0 Å². The van der Waals surface area contributed by atoms with Gasteiger partial charge in [0.2, 0.25) is 5.95 Å². The van der Waals surface area contributed by atoms with E-state index in [1.165, 1.54) is 13.2 Å². The summed E-state index contributed by atoms with van der Waals surface area (Å²) in [6.45, 7) is 2.99. The minimum absolute atomic E-state index is 0.0301. The van der Waals surface area contributed by atoms with Gasteiger partial charge in [-0.15, -0.1) is 5.10 Å². The first-order valence-corrected chi connectivity index (χ1v) is 10.7. The number of urea groups is 1. The Morgan fingerprint density at radius 3 is 2.73 bits per heavy atom. The van der Waals surface area contributed by atoms with Crippen molar-refractivity contribution < 1.29 is 18.3 Å². The van der Waals surface area contributed by atoms with E-state index in [2.05, 4.69) is 26.0 Å². The molecule has 0 bridgehead atoms. The van der Waals surface area contributed by atoms with Crippen LogP contribution in [0.3, 0.4) is 0 Å². The molecule has 4 rings (SSSR count). The van der Waals surface area contributed by atoms with Crippen molar-refractivity contribution >= 4 is 12.0 Å². The molecule has 2 aromatic carbocycles. The lowest BCUT2D eigenvalue weighted by Gasteiger charge is -2.24. The van der Waals surface area contributed by atoms with Crippen molar-refractivity contribution in [1.82, 2.24) is 25.4 Å². The Kier molecular flexibility index (Phi) is 6.95. The Balaban J connectivity index is 1.41. The number of rotatable bonds is 7. The maximum atomic E-state index is 13.7. The third-order valence-corrected chi connectivity index (χ3v) is 5.71. The molecule has 33 heavy (non-hydrogen) atoms. The van der Waals surface area contributed by atoms with Crippen LogP contribution in [0.25, 0.3) is 5.69 Å². The van der Waals surface area contributed by atoms with Crippen molar-refractivity contribution in [2.45, 2.75) is 25.5 Å². The molecule has 2 heterocycles. The number of carbonyl (C=O) groups is 1. The number of aryl methyl sites for hydroxylation is 1. The number of benzene rings is 2. The van der Waals surface area contributed by atoms with Crippen molar-refractivity contribution in [2.75, 3.05) is 25.5 Å². The van der Waals surface area contributed by atoms with Crippen molar-refractivity contribution in [3.8, 4) is 5.69 Å². The van der Waals surface area contributed by atoms with Gasteiger partial charge in [0.25, 0.3) is 0 Å². The van der Waals surface area contributed by atoms with E-state index in [1.54, 1.807) is 11.6 Å². The summed E-state index contributed by atoms with van der Waals surface area (Å²) in [5, 5.41) is 13.4. The smallest absolute Gasteiger partial charge is 0.321 e. The molecular weight excluding hydrogens is 430 g/mol. The Morgan fingerprint density at radius 2 is 2.00 bits per heavy atom. The fourth-order valence-electron chi connectivity index (χ4n) is 4.06. The van der Waals surface area contributed by atoms with Crippen LogP contribution in [-0.4, -0.2) is 47.0 Å². The van der Waals surface area contributed by atoms with Gasteiger partial charge >= 0.3 is 6.03 Å². The van der Waals surface area contributed by atoms with Gasteiger partial charge in [0.15, 0.2) is 11.6 Å². The van der Waals surface area contributed by atoms with Crippen LogP contribution < -0.4 is 16.0 Å². The van der Waals surface area contributed by atoms with Gasteiger partial charge < -0.3 is 15.4 Å². The summed E-state index contributed by atoms with van der Waals surface area (Å²) in [4.78, 5) is 17.1. The SMILES string of the molecule is COC(C[C@@H]1CNC[C@H]1NC(=O)Nc1nc(C)nn1-c1ccccc1)c1ccc(F)c(F)c1. The number of hydrogen-bond donors (Lipinski definition) is 3. The van der Waals surface area contributed by atoms with Crippen LogP contribution in [0.5, 0.6) is 0 Å². The van der Waals surface area contributed by atoms with E-state index in [4.69, 9.17) is 4.74 Å². The summed E-state index contributed by atoms with van der Waals surface area (Å²) in [6, 6.07) is 12.6. The van der Waals surface area contributed by atoms with E-state index >= 15 is 0 Å². The number of methoxy groups -OCH3 is 1. The average molecular weight is 456 g/mol. The van der Waals surface area contributed by atoms with E-state index < -0.39 is 23.8 Å². The second-order valence-corrected chi connectivity index (χ2v) is 7.99. The Morgan fingerprint density at radius 1 is 1.21 bits per heavy atom. The predicted octanol–water partition coefficient (Wildman–Crippen LogP) is 3.34. The van der Waals surface area contributed by atoms with E-state index in [-0.39, 0.29) is 12.0 Å². The van der Waals surface area contributed by atoms with Crippen LogP contribution in [0.2, 0.25) is 0 Å². The first-order chi connectivity index (χ1) is 15.9. The van der Waals surface area contributed by atoms with Crippen LogP contribution >= 0.6 is 0 Å². The number of amides is 2. The van der Waals surface area contributed by atoms with Gasteiger partial charge in [0.1, 0.15) is 5.82 Å². The number of carbonyl (C=O) groups excluding carboxylic acids is 1. The first kappa shape index (κ1) is 22.8. The lowest BCUT2D eigenvalue weighted by Crippen LogP contribution is -2.43. The van der Waals surface area contributed by atoms with E-state index in [0.29, 0.717) is 36.8 Å². The summed E-state index contributed by atoms with van der Waals surface area (Å²) < 4.78 is 34.1. The van der Waals surface area contributed by atoms with Gasteiger partial charge in [-0.1, -0.05) is 24.3 Å². The van der Waals surface area contributed by atoms with Crippen LogP contribution in [0.1, 0.15) is 23.9 Å². The van der Waals surface area contributed by atoms with Gasteiger partial charge in [-0.3, -0.25) is 5.32 Å². The highest BCUT2D eigenvalue weighted by atomic mass is 19.2. The molecule has 174 valence electrons. The summed E-state index contributed by atoms with van der Waals surface area (Å²) in [6.07, 6.45) is 0.0972. The number of anilines is 1. The Bertz CT molecular complexity index is 1110. The van der Waals surface area contributed by atoms with Crippen LogP contribution in [0, 0.1) is 24.5 Å². The van der Waals surface area contributed by atoms with E-state index in [1.807, 2.05) is 30.3 Å². The molecule has 8 nitrogen and oxygen atoms in total. The second-order valence-electron chi connectivity index (χ2n) is 7.99. The number of ether oxygens (including phenoxy) is 1. The number of nitrogens with zero attached hydrogens (tertiary/aromatic N) is 3. The zero-order chi connectivity index (χ0) is 23.4. The molecule has 2 amide bonds. The number of halogens is 2. The zero-order valence-corrected chi connectivity index (χ0v) is 18.4. The minimum Gasteiger partial charge on any atom is -0.377 e. The summed E-state index contributed by atoms with van der Waals surface area (Å²) in [5.74, 6) is -0.932. The van der Waals surface area contributed by atoms with Gasteiger partial charge in [-0.05, 0) is 49.1 Å². The fourth-order valence-corrected chi connectivity index (χ4v) is 4.06. The molecule has 1 fully saturated rings. The molecule has 10 heteroatoms. The van der Waals surface area contributed by atoms with E-state index in [9.17, 15) is 13.6 Å². The second kappa shape index (κ2) is 10.1. The number of hydrogen-bond acceptors (Lipinski definition) is 5. The molecule has 0 radical (unpaired) electrons. The molecular formula is C23H26F2N6O2. The average Bonchev–Trinajstić information content (AvgIpc) is 3.40. The molecule has 1 aromatic heterocycles. The first-order valence-electron chi connectivity index (χ1n) is 10.7. The highest BCUT2D eigenvalue weighted by Crippen LogP contribution is 2.29. The molecule has 3 atom stereocenters. The lowest BCUT2D eigenvalue weighted by atomic mass is 9.93. The number of nitrogens with one attached hydrogen (secondary N) is 3. The summed E-state index contributed by atoms with van der Waals surface area (Å²) >= 11 is 0. The molecule has 3 aromatic rings. The maximum Gasteiger partial charge on any atom is 0.321 e. The van der Waals surface area contributed by atoms with Crippen LogP contribution in [0.4, 0.5) is 19.5 Å². The van der Waals surface area contributed by atoms with Crippen LogP contribution in [-0.2, 0) is 4.74 Å². The van der Waals surface area contributed by atoms with Gasteiger partial charge in [0.05, 0.1) is 11.8 Å². The zero-order valence-electron chi connectivity index (χ0n) is 18.4. The number of aromatic nitrogens is 3. The minimum atomic E-state index is -0.911. The largest absolute Gasteiger partial charge is 0.377 e. The molecule has 1 unspecified atom stereocenters. The van der Waals surface area contributed by atoms with E-state index in [0.717, 1.165) is 17.8 Å². The topological polar surface area (TPSA) is 93.1 Å². The third-order valence-electron chi connectivity index (χ3n) is 5.71. The highest BCUT2D eigenvalue weighted by Gasteiger charge is 2.31. The van der Waals surface area contributed by atoms with Crippen LogP contribution in [0.15, 0.2) is 48.5 Å². The number of para-hydroxylation sites is 1. The molecule has 1 aliphatic heterocycles. The monoisotopic (exact) mass is 456 g/mol. The Labute approximate surface area is 190 Å². The molecule has 3 N–H and O–H groups in total. The fraction of sp³-hybridized carbons (Fsp3) is 0.348. The normalized spacial score (nSPS) is 18.8. The summed E-state index contributed by atoms with van der Waals surface area (Å²) in [7, 11) is 1.53. The Hall–Kier alpha value is -3.37. The van der Waals surface area contributed by atoms with Crippen molar-refractivity contribution in [2.24, 2.45) is 5.92 Å².